The van der Waals surface area contributed by atoms with Crippen molar-refractivity contribution >= 4 is 5.91 Å². The van der Waals surface area contributed by atoms with Crippen molar-refractivity contribution in [2.24, 2.45) is 17.8 Å². The average Bonchev–Trinajstić information content (AvgIpc) is 3.25. The third kappa shape index (κ3) is 5.61. The number of hydrogen-bond donors (Lipinski definition) is 0. The van der Waals surface area contributed by atoms with Crippen LogP contribution in [-0.2, 0) is 17.8 Å². The Balaban J connectivity index is 0.00000149. The molecular weight excluding hydrogens is 416 g/mol. The summed E-state index contributed by atoms with van der Waals surface area (Å²) in [5.41, 5.74) is 2.27. The second-order valence-electron chi connectivity index (χ2n) is 9.38. The van der Waals surface area contributed by atoms with Gasteiger partial charge in [-0.25, -0.2) is 4.79 Å². The molecule has 3 unspecified atom stereocenters. The van der Waals surface area contributed by atoms with E-state index in [2.05, 4.69) is 19.1 Å². The highest BCUT2D eigenvalue weighted by atomic mass is 16.6. The number of nitrogens with zero attached hydrogens (tertiary/aromatic N) is 2. The highest BCUT2D eigenvalue weighted by Crippen LogP contribution is 2.49. The minimum Gasteiger partial charge on any atom is -0.489 e. The van der Waals surface area contributed by atoms with Gasteiger partial charge in [-0.1, -0.05) is 63.2 Å². The van der Waals surface area contributed by atoms with Crippen LogP contribution in [0.1, 0.15) is 44.7 Å². The average molecular weight is 454 g/mol. The van der Waals surface area contributed by atoms with E-state index in [9.17, 15) is 14.9 Å². The lowest BCUT2D eigenvalue weighted by Crippen LogP contribution is -2.52. The van der Waals surface area contributed by atoms with Crippen molar-refractivity contribution in [3.05, 3.63) is 75.8 Å². The lowest BCUT2D eigenvalue weighted by molar-refractivity contribution is -0.853. The molecule has 6 nitrogen and oxygen atoms in total. The number of carbonyl (C=O) groups excluding carboxylic acids is 1. The molecule has 6 heteroatoms. The number of nitro groups is 1. The van der Waals surface area contributed by atoms with E-state index in [0.717, 1.165) is 36.3 Å². The lowest BCUT2D eigenvalue weighted by Gasteiger charge is -2.33. The summed E-state index contributed by atoms with van der Waals surface area (Å²) in [6.45, 7) is 7.33. The molecule has 33 heavy (non-hydrogen) atoms. The Morgan fingerprint density at radius 1 is 1.09 bits per heavy atom. The quantitative estimate of drug-likeness (QED) is 0.316. The second kappa shape index (κ2) is 10.9. The third-order valence-electron chi connectivity index (χ3n) is 7.47. The molecular formula is C27H37N2O4+. The number of hydrogen-bond acceptors (Lipinski definition) is 4. The lowest BCUT2D eigenvalue weighted by atomic mass is 9.89. The van der Waals surface area contributed by atoms with Crippen LogP contribution in [0, 0.1) is 27.9 Å². The first-order valence-electron chi connectivity index (χ1n) is 12.1. The van der Waals surface area contributed by atoms with E-state index >= 15 is 0 Å². The Kier molecular flexibility index (Phi) is 8.25. The van der Waals surface area contributed by atoms with Gasteiger partial charge < -0.3 is 4.74 Å². The fourth-order valence-corrected chi connectivity index (χ4v) is 5.65. The molecule has 4 rings (SSSR count). The molecule has 1 heterocycles. The number of ether oxygens (including phenoxy) is 1. The molecule has 2 aromatic rings. The van der Waals surface area contributed by atoms with Gasteiger partial charge in [0, 0.05) is 29.6 Å². The molecule has 178 valence electrons. The first kappa shape index (κ1) is 24.9. The maximum atomic E-state index is 13.0. The molecule has 1 aliphatic heterocycles. The van der Waals surface area contributed by atoms with Crippen molar-refractivity contribution in [2.75, 3.05) is 20.1 Å². The van der Waals surface area contributed by atoms with Crippen molar-refractivity contribution in [3.63, 3.8) is 0 Å². The van der Waals surface area contributed by atoms with Gasteiger partial charge in [-0.2, -0.15) is 0 Å². The summed E-state index contributed by atoms with van der Waals surface area (Å²) in [4.78, 5) is 23.9. The maximum absolute atomic E-state index is 13.0. The standard InChI is InChI=1S/C25H31N2O4.C2H6/c1-18-13-24-22(23(18)16-26(29)30)15-25(28)27(24,2)12-11-19-9-6-10-21(14-19)31-17-20-7-4-3-5-8-20;1-2/h3-10,14,18,22-24H,11-13,15-17H2,1-2H3;1-2H3/q+1;/t18-,22?,23+,24?,27?;/m0./s1. The fraction of sp³-hybridized carbons (Fsp3) is 0.519. The molecule has 1 saturated heterocycles. The number of likely N-dealkylation sites (tertiary alicyclic amines) is 1. The molecule has 2 aromatic carbocycles. The van der Waals surface area contributed by atoms with Gasteiger partial charge in [0.2, 0.25) is 6.54 Å². The predicted molar refractivity (Wildman–Crippen MR) is 129 cm³/mol. The molecule has 2 aliphatic rings. The zero-order valence-corrected chi connectivity index (χ0v) is 20.3. The minimum absolute atomic E-state index is 0.0126. The number of benzene rings is 2. The van der Waals surface area contributed by atoms with E-state index in [1.54, 1.807) is 0 Å². The van der Waals surface area contributed by atoms with Crippen molar-refractivity contribution in [2.45, 2.75) is 52.7 Å². The van der Waals surface area contributed by atoms with Gasteiger partial charge in [0.25, 0.3) is 0 Å². The van der Waals surface area contributed by atoms with E-state index in [1.165, 1.54) is 0 Å². The van der Waals surface area contributed by atoms with Gasteiger partial charge in [0.1, 0.15) is 18.4 Å². The smallest absolute Gasteiger partial charge is 0.314 e. The number of fused-ring (bicyclic) bond motifs is 1. The maximum Gasteiger partial charge on any atom is 0.314 e. The molecule has 0 bridgehead atoms. The summed E-state index contributed by atoms with van der Waals surface area (Å²) in [5, 5.41) is 11.1. The number of amides is 1. The Labute approximate surface area is 197 Å². The molecule has 1 saturated carbocycles. The number of quaternary nitrogens is 1. The first-order valence-corrected chi connectivity index (χ1v) is 12.1. The van der Waals surface area contributed by atoms with E-state index < -0.39 is 0 Å². The highest BCUT2D eigenvalue weighted by Gasteiger charge is 2.60. The topological polar surface area (TPSA) is 69.4 Å². The summed E-state index contributed by atoms with van der Waals surface area (Å²) < 4.78 is 6.35. The summed E-state index contributed by atoms with van der Waals surface area (Å²) in [5.74, 6) is 1.50. The minimum atomic E-state index is -0.211. The van der Waals surface area contributed by atoms with E-state index in [4.69, 9.17) is 4.74 Å². The van der Waals surface area contributed by atoms with Crippen LogP contribution in [0.25, 0.3) is 0 Å². The first-order chi connectivity index (χ1) is 15.9. The van der Waals surface area contributed by atoms with Gasteiger partial charge in [0.05, 0.1) is 20.0 Å². The molecule has 0 aromatic heterocycles. The van der Waals surface area contributed by atoms with Crippen molar-refractivity contribution in [3.8, 4) is 5.75 Å². The third-order valence-corrected chi connectivity index (χ3v) is 7.47. The Morgan fingerprint density at radius 2 is 1.79 bits per heavy atom. The van der Waals surface area contributed by atoms with Crippen LogP contribution in [-0.4, -0.2) is 41.5 Å². The van der Waals surface area contributed by atoms with Crippen molar-refractivity contribution < 1.29 is 18.9 Å². The summed E-state index contributed by atoms with van der Waals surface area (Å²) in [6.07, 6.45) is 2.15. The highest BCUT2D eigenvalue weighted by molar-refractivity contribution is 5.72. The van der Waals surface area contributed by atoms with Gasteiger partial charge in [-0.3, -0.25) is 14.6 Å². The second-order valence-corrected chi connectivity index (χ2v) is 9.38. The van der Waals surface area contributed by atoms with Crippen LogP contribution in [0.5, 0.6) is 5.75 Å². The van der Waals surface area contributed by atoms with Crippen LogP contribution in [0.4, 0.5) is 0 Å². The molecule has 2 fully saturated rings. The predicted octanol–water partition coefficient (Wildman–Crippen LogP) is 5.13. The number of rotatable bonds is 8. The molecule has 0 N–H and O–H groups in total. The van der Waals surface area contributed by atoms with Gasteiger partial charge >= 0.3 is 5.91 Å². The molecule has 0 spiro atoms. The van der Waals surface area contributed by atoms with Crippen LogP contribution in [0.15, 0.2) is 54.6 Å². The van der Waals surface area contributed by atoms with Crippen LogP contribution < -0.4 is 4.74 Å². The van der Waals surface area contributed by atoms with E-state index in [1.807, 2.05) is 63.4 Å². The SMILES string of the molecule is CC.C[C@H]1CC2C(CC(=O)[N+]2(C)CCc2cccc(OCc3ccccc3)c2)[C@@H]1C[N+](=O)[O-]. The van der Waals surface area contributed by atoms with Crippen LogP contribution in [0.3, 0.4) is 0 Å². The Bertz CT molecular complexity index is 948. The van der Waals surface area contributed by atoms with Gasteiger partial charge in [-0.05, 0) is 29.2 Å². The monoisotopic (exact) mass is 453 g/mol. The summed E-state index contributed by atoms with van der Waals surface area (Å²) >= 11 is 0. The summed E-state index contributed by atoms with van der Waals surface area (Å²) in [7, 11) is 2.03. The van der Waals surface area contributed by atoms with Crippen molar-refractivity contribution in [1.82, 2.24) is 0 Å². The molecule has 5 atom stereocenters. The molecule has 1 amide bonds. The summed E-state index contributed by atoms with van der Waals surface area (Å²) in [6, 6.07) is 18.4. The fourth-order valence-electron chi connectivity index (χ4n) is 5.65. The molecule has 1 aliphatic carbocycles. The van der Waals surface area contributed by atoms with Crippen LogP contribution in [0.2, 0.25) is 0 Å². The Morgan fingerprint density at radius 3 is 2.48 bits per heavy atom. The van der Waals surface area contributed by atoms with E-state index in [0.29, 0.717) is 23.4 Å². The molecule has 0 radical (unpaired) electrons. The van der Waals surface area contributed by atoms with Gasteiger partial charge in [-0.15, -0.1) is 0 Å². The van der Waals surface area contributed by atoms with E-state index in [-0.39, 0.29) is 35.3 Å². The zero-order valence-electron chi connectivity index (χ0n) is 20.3. The zero-order chi connectivity index (χ0) is 24.0. The Hall–Kier alpha value is -2.73. The number of likely N-dealkylation sites (N-methyl/N-ethyl adjacent to an activating group) is 1. The van der Waals surface area contributed by atoms with Crippen LogP contribution >= 0.6 is 0 Å². The van der Waals surface area contributed by atoms with Gasteiger partial charge in [0.15, 0.2) is 0 Å². The van der Waals surface area contributed by atoms with Crippen molar-refractivity contribution in [1.29, 1.82) is 0 Å². The normalized spacial score (nSPS) is 28.1. The number of carbonyl (C=O) groups is 1. The largest absolute Gasteiger partial charge is 0.489 e.